The van der Waals surface area contributed by atoms with Crippen molar-refractivity contribution in [1.82, 2.24) is 5.16 Å². The van der Waals surface area contributed by atoms with E-state index < -0.39 is 10.8 Å². The van der Waals surface area contributed by atoms with Crippen LogP contribution in [0.3, 0.4) is 0 Å². The Hall–Kier alpha value is -1.95. The third-order valence-corrected chi connectivity index (χ3v) is 4.18. The second kappa shape index (κ2) is 7.17. The predicted octanol–water partition coefficient (Wildman–Crippen LogP) is 2.57. The van der Waals surface area contributed by atoms with E-state index in [1.54, 1.807) is 13.0 Å². The Morgan fingerprint density at radius 2 is 2.14 bits per heavy atom. The minimum atomic E-state index is -1.06. The molecule has 0 unspecified atom stereocenters. The normalized spacial score (nSPS) is 12.1. The van der Waals surface area contributed by atoms with Gasteiger partial charge in [0.2, 0.25) is 5.91 Å². The highest BCUT2D eigenvalue weighted by Crippen LogP contribution is 2.09. The van der Waals surface area contributed by atoms with E-state index in [2.05, 4.69) is 10.5 Å². The summed E-state index contributed by atoms with van der Waals surface area (Å²) in [5.74, 6) is 1.62. The molecule has 112 valence electrons. The van der Waals surface area contributed by atoms with Gasteiger partial charge in [-0.15, -0.1) is 0 Å². The number of hydrogen-bond acceptors (Lipinski definition) is 4. The first-order valence-electron chi connectivity index (χ1n) is 6.66. The number of carbonyl (C=O) groups is 1. The molecule has 0 spiro atoms. The highest BCUT2D eigenvalue weighted by molar-refractivity contribution is 7.84. The summed E-state index contributed by atoms with van der Waals surface area (Å²) in [5.41, 5.74) is 2.17. The number of aromatic nitrogens is 1. The van der Waals surface area contributed by atoms with Gasteiger partial charge < -0.3 is 9.84 Å². The molecule has 2 aromatic rings. The fourth-order valence-corrected chi connectivity index (χ4v) is 3.01. The van der Waals surface area contributed by atoms with E-state index in [4.69, 9.17) is 4.52 Å². The van der Waals surface area contributed by atoms with Gasteiger partial charge in [0.05, 0.1) is 0 Å². The molecule has 2 rings (SSSR count). The molecule has 1 amide bonds. The van der Waals surface area contributed by atoms with Crippen LogP contribution in [0.4, 0.5) is 5.82 Å². The molecule has 1 heterocycles. The molecule has 6 heteroatoms. The number of benzene rings is 1. The Kier molecular flexibility index (Phi) is 5.27. The molecule has 0 radical (unpaired) electrons. The van der Waals surface area contributed by atoms with Crippen LogP contribution >= 0.6 is 0 Å². The van der Waals surface area contributed by atoms with Gasteiger partial charge in [-0.2, -0.15) is 0 Å². The Labute approximate surface area is 126 Å². The molecule has 21 heavy (non-hydrogen) atoms. The molecule has 1 aromatic carbocycles. The molecule has 0 saturated heterocycles. The lowest BCUT2D eigenvalue weighted by Gasteiger charge is -2.04. The molecule has 0 aliphatic heterocycles. The maximum atomic E-state index is 12.0. The molecule has 0 bridgehead atoms. The van der Waals surface area contributed by atoms with E-state index in [1.165, 1.54) is 0 Å². The molecule has 5 nitrogen and oxygen atoms in total. The summed E-state index contributed by atoms with van der Waals surface area (Å²) in [6.45, 7) is 3.75. The number of carbonyl (C=O) groups excluding carboxylic acids is 1. The van der Waals surface area contributed by atoms with Gasteiger partial charge in [-0.05, 0) is 19.4 Å². The van der Waals surface area contributed by atoms with E-state index in [0.717, 1.165) is 11.1 Å². The van der Waals surface area contributed by atoms with Gasteiger partial charge in [0.1, 0.15) is 5.76 Å². The van der Waals surface area contributed by atoms with Crippen LogP contribution in [0, 0.1) is 13.8 Å². The van der Waals surface area contributed by atoms with Crippen molar-refractivity contribution in [2.45, 2.75) is 26.0 Å². The van der Waals surface area contributed by atoms with Gasteiger partial charge in [0.25, 0.3) is 0 Å². The lowest BCUT2D eigenvalue weighted by Crippen LogP contribution is -2.15. The van der Waals surface area contributed by atoms with E-state index in [1.807, 2.05) is 31.2 Å². The van der Waals surface area contributed by atoms with Gasteiger partial charge in [0.15, 0.2) is 5.82 Å². The second-order valence-corrected chi connectivity index (χ2v) is 6.47. The Morgan fingerprint density at radius 3 is 2.81 bits per heavy atom. The van der Waals surface area contributed by atoms with Crippen LogP contribution in [0.2, 0.25) is 0 Å². The van der Waals surface area contributed by atoms with E-state index in [0.29, 0.717) is 23.1 Å². The van der Waals surface area contributed by atoms with Crippen LogP contribution < -0.4 is 5.32 Å². The van der Waals surface area contributed by atoms with Gasteiger partial charge >= 0.3 is 0 Å². The highest BCUT2D eigenvalue weighted by atomic mass is 32.2. The lowest BCUT2D eigenvalue weighted by atomic mass is 10.2. The van der Waals surface area contributed by atoms with Crippen LogP contribution in [0.25, 0.3) is 0 Å². The van der Waals surface area contributed by atoms with Crippen LogP contribution in [0.1, 0.15) is 23.3 Å². The molecule has 1 aromatic heterocycles. The summed E-state index contributed by atoms with van der Waals surface area (Å²) < 4.78 is 16.8. The first-order valence-corrected chi connectivity index (χ1v) is 8.15. The van der Waals surface area contributed by atoms with E-state index >= 15 is 0 Å². The largest absolute Gasteiger partial charge is 0.360 e. The zero-order valence-electron chi connectivity index (χ0n) is 12.1. The number of rotatable bonds is 6. The standard InChI is InChI=1S/C15H18N2O3S/c1-11-4-3-5-13(8-11)10-21(19)7-6-15(18)16-14-9-12(2)20-17-14/h3-5,8-9H,6-7,10H2,1-2H3,(H,16,17,18)/t21-/m0/s1. The van der Waals surface area contributed by atoms with Gasteiger partial charge in [-0.3, -0.25) is 9.00 Å². The maximum Gasteiger partial charge on any atom is 0.226 e. The van der Waals surface area contributed by atoms with Crippen LogP contribution in [-0.4, -0.2) is 21.0 Å². The van der Waals surface area contributed by atoms with Crippen molar-refractivity contribution in [3.05, 3.63) is 47.2 Å². The first kappa shape index (κ1) is 15.4. The molecule has 0 aliphatic rings. The highest BCUT2D eigenvalue weighted by Gasteiger charge is 2.09. The van der Waals surface area contributed by atoms with Crippen molar-refractivity contribution < 1.29 is 13.5 Å². The first-order chi connectivity index (χ1) is 10.0. The topological polar surface area (TPSA) is 72.2 Å². The summed E-state index contributed by atoms with van der Waals surface area (Å²) in [5, 5.41) is 6.29. The van der Waals surface area contributed by atoms with Gasteiger partial charge in [0, 0.05) is 34.8 Å². The summed E-state index contributed by atoms with van der Waals surface area (Å²) in [6, 6.07) is 9.54. The Morgan fingerprint density at radius 1 is 1.33 bits per heavy atom. The molecule has 0 saturated carbocycles. The fraction of sp³-hybridized carbons (Fsp3) is 0.333. The minimum Gasteiger partial charge on any atom is -0.360 e. The number of amides is 1. The average Bonchev–Trinajstić information content (AvgIpc) is 2.82. The summed E-state index contributed by atoms with van der Waals surface area (Å²) in [7, 11) is -1.06. The van der Waals surface area contributed by atoms with Crippen molar-refractivity contribution in [3.8, 4) is 0 Å². The van der Waals surface area contributed by atoms with Crippen molar-refractivity contribution in [3.63, 3.8) is 0 Å². The van der Waals surface area contributed by atoms with Crippen LogP contribution in [-0.2, 0) is 21.3 Å². The molecular formula is C15H18N2O3S. The molecule has 0 aliphatic carbocycles. The SMILES string of the molecule is Cc1cccc(C[S@@](=O)CCC(=O)Nc2cc(C)on2)c1. The molecule has 1 atom stereocenters. The summed E-state index contributed by atoms with van der Waals surface area (Å²) in [6.07, 6.45) is 0.199. The Bertz CT molecular complexity index is 652. The van der Waals surface area contributed by atoms with E-state index in [-0.39, 0.29) is 12.3 Å². The number of nitrogens with one attached hydrogen (secondary N) is 1. The number of anilines is 1. The molecular weight excluding hydrogens is 288 g/mol. The second-order valence-electron chi connectivity index (χ2n) is 4.90. The zero-order chi connectivity index (χ0) is 15.2. The van der Waals surface area contributed by atoms with Crippen molar-refractivity contribution in [2.75, 3.05) is 11.1 Å². The summed E-state index contributed by atoms with van der Waals surface area (Å²) >= 11 is 0. The molecule has 0 fully saturated rings. The zero-order valence-corrected chi connectivity index (χ0v) is 12.9. The van der Waals surface area contributed by atoms with Crippen LogP contribution in [0.15, 0.2) is 34.9 Å². The quantitative estimate of drug-likeness (QED) is 0.890. The predicted molar refractivity (Wildman–Crippen MR) is 82.4 cm³/mol. The smallest absolute Gasteiger partial charge is 0.226 e. The third-order valence-electron chi connectivity index (χ3n) is 2.86. The van der Waals surface area contributed by atoms with Gasteiger partial charge in [-0.1, -0.05) is 35.0 Å². The van der Waals surface area contributed by atoms with Crippen molar-refractivity contribution in [1.29, 1.82) is 0 Å². The minimum absolute atomic E-state index is 0.199. The summed E-state index contributed by atoms with van der Waals surface area (Å²) in [4.78, 5) is 11.7. The average molecular weight is 306 g/mol. The fourth-order valence-electron chi connectivity index (χ4n) is 1.90. The lowest BCUT2D eigenvalue weighted by molar-refractivity contribution is -0.115. The Balaban J connectivity index is 1.77. The monoisotopic (exact) mass is 306 g/mol. The third kappa shape index (κ3) is 5.15. The van der Waals surface area contributed by atoms with E-state index in [9.17, 15) is 9.00 Å². The number of hydrogen-bond donors (Lipinski definition) is 1. The maximum absolute atomic E-state index is 12.0. The number of aryl methyl sites for hydroxylation is 2. The van der Waals surface area contributed by atoms with Crippen LogP contribution in [0.5, 0.6) is 0 Å². The van der Waals surface area contributed by atoms with Crippen molar-refractivity contribution >= 4 is 22.5 Å². The number of nitrogens with zero attached hydrogens (tertiary/aromatic N) is 1. The molecule has 1 N–H and O–H groups in total. The van der Waals surface area contributed by atoms with Crippen molar-refractivity contribution in [2.24, 2.45) is 0 Å². The van der Waals surface area contributed by atoms with Gasteiger partial charge in [-0.25, -0.2) is 0 Å².